The van der Waals surface area contributed by atoms with Crippen molar-refractivity contribution >= 4 is 64.1 Å². The van der Waals surface area contributed by atoms with Gasteiger partial charge >= 0.3 is 0 Å². The number of hydrogen-bond acceptors (Lipinski definition) is 19. The van der Waals surface area contributed by atoms with Crippen molar-refractivity contribution in [2.75, 3.05) is 161 Å². The molecule has 4 aromatic carbocycles. The van der Waals surface area contributed by atoms with Gasteiger partial charge in [0.25, 0.3) is 11.8 Å². The number of carbonyl (C=O) groups excluding carboxylic acids is 6. The first-order valence-electron chi connectivity index (χ1n) is 31.8. The smallest absolute Gasteiger partial charge is 0.264 e. The highest BCUT2D eigenvalue weighted by molar-refractivity contribution is 6.30. The summed E-state index contributed by atoms with van der Waals surface area (Å²) in [5.74, 6) is -0.417. The third kappa shape index (κ3) is 21.1. The highest BCUT2D eigenvalue weighted by Gasteiger charge is 2.46. The Bertz CT molecular complexity index is 2990. The van der Waals surface area contributed by atoms with Crippen molar-refractivity contribution in [2.24, 2.45) is 5.92 Å². The average molecular weight is 1280 g/mol. The van der Waals surface area contributed by atoms with Crippen molar-refractivity contribution in [3.8, 4) is 11.5 Å². The summed E-state index contributed by atoms with van der Waals surface area (Å²) in [6, 6.07) is 23.9. The molecule has 1 saturated carbocycles. The minimum absolute atomic E-state index is 0.000561. The average Bonchev–Trinajstić information content (AvgIpc) is 1.74. The number of amides is 6. The van der Waals surface area contributed by atoms with E-state index in [0.29, 0.717) is 160 Å². The van der Waals surface area contributed by atoms with Crippen molar-refractivity contribution < 1.29 is 76.1 Å². The molecule has 8 rings (SSSR count). The molecule has 496 valence electrons. The van der Waals surface area contributed by atoms with E-state index in [2.05, 4.69) is 45.3 Å². The predicted octanol–water partition coefficient (Wildman–Crippen LogP) is 6.55. The molecule has 6 amide bonds. The maximum atomic E-state index is 14.1. The van der Waals surface area contributed by atoms with Gasteiger partial charge in [-0.2, -0.15) is 0 Å². The fraction of sp³-hybridized carbons (Fsp3) is 0.552. The van der Waals surface area contributed by atoms with Gasteiger partial charge in [0, 0.05) is 74.2 Å². The SMILES string of the molecule is COc1cc2c(cc1OC(C)C)[C@H](c1ccc(Cl)cc1)N(c1ccc(N(C)C[C@H]3CC[C@H](NCCNC(=O)CCOCCOCCOCCOCCOCCOCCOCCOCCNc4cccc5c4C(=O)N(C4CCC(=O)NC4=O)C5=O)CC3)cc1)C(=O)C2. The third-order valence-corrected chi connectivity index (χ3v) is 16.3. The van der Waals surface area contributed by atoms with Crippen LogP contribution in [0.4, 0.5) is 17.1 Å². The molecule has 4 aromatic rings. The number of nitrogens with zero attached hydrogens (tertiary/aromatic N) is 3. The Labute approximate surface area is 538 Å². The number of benzene rings is 4. The van der Waals surface area contributed by atoms with Gasteiger partial charge in [0.15, 0.2) is 11.5 Å². The second-order valence-electron chi connectivity index (χ2n) is 22.9. The molecule has 4 aliphatic rings. The fourth-order valence-corrected chi connectivity index (χ4v) is 11.7. The number of methoxy groups -OCH3 is 1. The molecule has 0 bridgehead atoms. The van der Waals surface area contributed by atoms with Gasteiger partial charge < -0.3 is 73.1 Å². The minimum atomic E-state index is -1.02. The maximum absolute atomic E-state index is 14.1. The molecule has 1 unspecified atom stereocenters. The van der Waals surface area contributed by atoms with Crippen LogP contribution < -0.4 is 40.5 Å². The van der Waals surface area contributed by atoms with Gasteiger partial charge in [-0.1, -0.05) is 29.8 Å². The lowest BCUT2D eigenvalue weighted by molar-refractivity contribution is -0.136. The van der Waals surface area contributed by atoms with Crippen molar-refractivity contribution in [3.63, 3.8) is 0 Å². The molecule has 3 aliphatic heterocycles. The van der Waals surface area contributed by atoms with E-state index in [9.17, 15) is 28.8 Å². The number of fused-ring (bicyclic) bond motifs is 2. The summed E-state index contributed by atoms with van der Waals surface area (Å²) in [6.07, 6.45) is 5.03. The highest BCUT2D eigenvalue weighted by Crippen LogP contribution is 2.44. The zero-order valence-electron chi connectivity index (χ0n) is 52.9. The van der Waals surface area contributed by atoms with Gasteiger partial charge in [-0.05, 0) is 129 Å². The van der Waals surface area contributed by atoms with Crippen LogP contribution in [0.3, 0.4) is 0 Å². The first-order chi connectivity index (χ1) is 44.3. The van der Waals surface area contributed by atoms with E-state index in [1.54, 1.807) is 25.3 Å². The number of ether oxygens (including phenoxy) is 10. The van der Waals surface area contributed by atoms with E-state index in [0.717, 1.165) is 65.2 Å². The molecule has 4 N–H and O–H groups in total. The van der Waals surface area contributed by atoms with Crippen LogP contribution in [0.5, 0.6) is 11.5 Å². The molecule has 0 spiro atoms. The predicted molar refractivity (Wildman–Crippen MR) is 342 cm³/mol. The number of anilines is 3. The number of imide groups is 2. The zero-order chi connectivity index (χ0) is 64.3. The third-order valence-electron chi connectivity index (χ3n) is 16.1. The first kappa shape index (κ1) is 70.1. The summed E-state index contributed by atoms with van der Waals surface area (Å²) >= 11 is 6.33. The van der Waals surface area contributed by atoms with Crippen LogP contribution in [-0.2, 0) is 63.5 Å². The standard InChI is InChI=1S/C67H90ClN7O16/c1-46(2)91-59-44-55-49(42-58(59)82-4)43-62(78)74(64(55)48-10-12-50(68)13-11-48)53-18-16-52(17-19-53)73(3)45-47-8-14-51(15-9-47)69-23-24-71-60(76)22-26-83-28-30-85-32-34-87-36-38-89-40-41-90-39-37-88-35-33-86-31-29-84-27-25-70-56-7-5-6-54-63(56)67(81)75(66(54)80)57-20-21-61(77)72-65(57)79/h5-7,10-13,16-19,42,44,46-47,51,57,64,69-70H,8-9,14-15,20-41,43,45H2,1-4H3,(H,71,76)(H,72,77,79)/t47-,51-,57?,64-/m0/s1. The number of nitrogens with one attached hydrogen (secondary N) is 4. The summed E-state index contributed by atoms with van der Waals surface area (Å²) in [7, 11) is 3.75. The Kier molecular flexibility index (Phi) is 28.6. The van der Waals surface area contributed by atoms with Gasteiger partial charge in [0.2, 0.25) is 23.6 Å². The van der Waals surface area contributed by atoms with Crippen molar-refractivity contribution in [3.05, 3.63) is 112 Å². The van der Waals surface area contributed by atoms with Crippen LogP contribution in [0.25, 0.3) is 0 Å². The topological polar surface area (TPSA) is 253 Å². The molecule has 1 aliphatic carbocycles. The van der Waals surface area contributed by atoms with Crippen molar-refractivity contribution in [1.29, 1.82) is 0 Å². The Morgan fingerprint density at radius 1 is 0.659 bits per heavy atom. The lowest BCUT2D eigenvalue weighted by Crippen LogP contribution is -2.54. The second kappa shape index (κ2) is 37.1. The van der Waals surface area contributed by atoms with Crippen LogP contribution in [-0.4, -0.2) is 205 Å². The summed E-state index contributed by atoms with van der Waals surface area (Å²) in [4.78, 5) is 81.8. The molecule has 1 saturated heterocycles. The largest absolute Gasteiger partial charge is 0.493 e. The fourth-order valence-electron chi connectivity index (χ4n) is 11.5. The summed E-state index contributed by atoms with van der Waals surface area (Å²) in [5, 5.41) is 12.6. The summed E-state index contributed by atoms with van der Waals surface area (Å²) < 4.78 is 56.4. The Hall–Kier alpha value is -6.77. The molecule has 2 atom stereocenters. The van der Waals surface area contributed by atoms with E-state index < -0.39 is 29.7 Å². The molecule has 3 heterocycles. The minimum Gasteiger partial charge on any atom is -0.493 e. The quantitative estimate of drug-likeness (QED) is 0.0271. The van der Waals surface area contributed by atoms with E-state index in [-0.39, 0.29) is 60.8 Å². The van der Waals surface area contributed by atoms with E-state index >= 15 is 0 Å². The van der Waals surface area contributed by atoms with Gasteiger partial charge in [-0.15, -0.1) is 0 Å². The number of piperidine rings is 1. The van der Waals surface area contributed by atoms with Crippen LogP contribution >= 0.6 is 11.6 Å². The number of rotatable bonds is 41. The lowest BCUT2D eigenvalue weighted by Gasteiger charge is -2.38. The molecular weight excluding hydrogens is 1190 g/mol. The Morgan fingerprint density at radius 2 is 1.25 bits per heavy atom. The summed E-state index contributed by atoms with van der Waals surface area (Å²) in [6.45, 7) is 13.0. The molecule has 2 fully saturated rings. The number of hydrogen-bond donors (Lipinski definition) is 4. The molecular formula is C67H90ClN7O16. The van der Waals surface area contributed by atoms with Crippen LogP contribution in [0.1, 0.15) is 102 Å². The van der Waals surface area contributed by atoms with Crippen LogP contribution in [0.2, 0.25) is 5.02 Å². The second-order valence-corrected chi connectivity index (χ2v) is 23.4. The Balaban J connectivity index is 0.557. The Morgan fingerprint density at radius 3 is 1.84 bits per heavy atom. The van der Waals surface area contributed by atoms with E-state index in [4.69, 9.17) is 59.0 Å². The van der Waals surface area contributed by atoms with Gasteiger partial charge in [0.05, 0.1) is 143 Å². The molecule has 0 radical (unpaired) electrons. The number of halogens is 1. The van der Waals surface area contributed by atoms with E-state index in [1.165, 1.54) is 0 Å². The first-order valence-corrected chi connectivity index (χ1v) is 32.1. The summed E-state index contributed by atoms with van der Waals surface area (Å²) in [5.41, 5.74) is 5.66. The van der Waals surface area contributed by atoms with Crippen molar-refractivity contribution in [2.45, 2.75) is 89.4 Å². The van der Waals surface area contributed by atoms with Gasteiger partial charge in [-0.3, -0.25) is 39.0 Å². The van der Waals surface area contributed by atoms with Gasteiger partial charge in [-0.25, -0.2) is 0 Å². The monoisotopic (exact) mass is 1280 g/mol. The highest BCUT2D eigenvalue weighted by atomic mass is 35.5. The normalized spacial score (nSPS) is 18.2. The molecule has 23 nitrogen and oxygen atoms in total. The van der Waals surface area contributed by atoms with E-state index in [1.807, 2.05) is 67.3 Å². The zero-order valence-corrected chi connectivity index (χ0v) is 53.7. The van der Waals surface area contributed by atoms with Crippen LogP contribution in [0.15, 0.2) is 78.9 Å². The lowest BCUT2D eigenvalue weighted by atomic mass is 9.85. The number of carbonyl (C=O) groups is 6. The maximum Gasteiger partial charge on any atom is 0.264 e. The van der Waals surface area contributed by atoms with Gasteiger partial charge in [0.1, 0.15) is 6.04 Å². The molecule has 24 heteroatoms. The van der Waals surface area contributed by atoms with Crippen molar-refractivity contribution in [1.82, 2.24) is 20.9 Å². The van der Waals surface area contributed by atoms with Crippen LogP contribution in [0, 0.1) is 5.92 Å². The molecule has 91 heavy (non-hydrogen) atoms. The molecule has 0 aromatic heterocycles.